The summed E-state index contributed by atoms with van der Waals surface area (Å²) in [5, 5.41) is 1.45. The summed E-state index contributed by atoms with van der Waals surface area (Å²) in [7, 11) is -1.65. The Morgan fingerprint density at radius 1 is 1.12 bits per heavy atom. The van der Waals surface area contributed by atoms with Crippen molar-refractivity contribution in [3.05, 3.63) is 71.6 Å². The van der Waals surface area contributed by atoms with Crippen LogP contribution in [0.1, 0.15) is 49.4 Å². The van der Waals surface area contributed by atoms with E-state index >= 15 is 0 Å². The van der Waals surface area contributed by atoms with Crippen molar-refractivity contribution >= 4 is 13.3 Å². The maximum Gasteiger partial charge on any atom is 0.152 e. The van der Waals surface area contributed by atoms with Gasteiger partial charge < -0.3 is 4.42 Å². The molecule has 4 heteroatoms. The number of hydrogen-bond acceptors (Lipinski definition) is 3. The molecule has 3 heterocycles. The van der Waals surface area contributed by atoms with E-state index < -0.39 is 8.07 Å². The summed E-state index contributed by atoms with van der Waals surface area (Å²) in [5.41, 5.74) is 5.57. The molecule has 178 valence electrons. The molecule has 0 radical (unpaired) electrons. The number of likely N-dealkylation sites (tertiary alicyclic amines) is 1. The summed E-state index contributed by atoms with van der Waals surface area (Å²) in [4.78, 5) is 8.35. The van der Waals surface area contributed by atoms with Gasteiger partial charge in [-0.15, -0.1) is 0 Å². The van der Waals surface area contributed by atoms with E-state index in [9.17, 15) is 0 Å². The van der Waals surface area contributed by atoms with Crippen LogP contribution in [0.25, 0.3) is 11.5 Å². The van der Waals surface area contributed by atoms with Gasteiger partial charge in [-0.1, -0.05) is 63.0 Å². The molecule has 2 fully saturated rings. The maximum atomic E-state index is 5.91. The van der Waals surface area contributed by atoms with E-state index in [1.165, 1.54) is 48.7 Å². The first kappa shape index (κ1) is 22.3. The minimum absolute atomic E-state index is 0.118. The fourth-order valence-electron chi connectivity index (χ4n) is 7.61. The number of benzene rings is 1. The molecule has 1 saturated carbocycles. The first-order valence-electron chi connectivity index (χ1n) is 13.2. The zero-order valence-corrected chi connectivity index (χ0v) is 22.2. The molecule has 1 saturated heterocycles. The highest BCUT2D eigenvalue weighted by Gasteiger charge is 2.57. The third kappa shape index (κ3) is 3.53. The Kier molecular flexibility index (Phi) is 5.38. The molecule has 4 atom stereocenters. The van der Waals surface area contributed by atoms with Gasteiger partial charge in [-0.2, -0.15) is 0 Å². The number of rotatable bonds is 4. The van der Waals surface area contributed by atoms with Crippen LogP contribution in [0.15, 0.2) is 59.2 Å². The topological polar surface area (TPSA) is 29.3 Å². The molecule has 3 nitrogen and oxygen atoms in total. The van der Waals surface area contributed by atoms with Crippen molar-refractivity contribution in [2.75, 3.05) is 6.54 Å². The molecule has 34 heavy (non-hydrogen) atoms. The summed E-state index contributed by atoms with van der Waals surface area (Å²) in [6, 6.07) is 17.8. The normalized spacial score (nSPS) is 28.9. The minimum atomic E-state index is -1.65. The average Bonchev–Trinajstić information content (AvgIpc) is 3.33. The van der Waals surface area contributed by atoms with E-state index in [1.807, 2.05) is 6.07 Å². The molecule has 1 aromatic carbocycles. The molecule has 2 aliphatic carbocycles. The molecule has 1 aliphatic heterocycles. The van der Waals surface area contributed by atoms with Gasteiger partial charge in [-0.3, -0.25) is 4.90 Å². The molecule has 6 rings (SSSR count). The molecule has 2 bridgehead atoms. The van der Waals surface area contributed by atoms with Crippen molar-refractivity contribution in [1.29, 1.82) is 0 Å². The van der Waals surface area contributed by atoms with Gasteiger partial charge in [0, 0.05) is 12.2 Å². The summed E-state index contributed by atoms with van der Waals surface area (Å²) in [5.74, 6) is 3.18. The predicted octanol–water partition coefficient (Wildman–Crippen LogP) is 6.60. The van der Waals surface area contributed by atoms with Gasteiger partial charge in [-0.05, 0) is 84.8 Å². The van der Waals surface area contributed by atoms with Gasteiger partial charge >= 0.3 is 0 Å². The number of furan rings is 1. The molecule has 0 N–H and O–H groups in total. The Balaban J connectivity index is 1.56. The first-order valence-corrected chi connectivity index (χ1v) is 16.7. The third-order valence-electron chi connectivity index (χ3n) is 8.86. The van der Waals surface area contributed by atoms with Crippen LogP contribution < -0.4 is 5.19 Å². The Labute approximate surface area is 205 Å². The zero-order chi connectivity index (χ0) is 23.5. The van der Waals surface area contributed by atoms with Crippen LogP contribution in [0.2, 0.25) is 19.6 Å². The summed E-state index contributed by atoms with van der Waals surface area (Å²) < 4.78 is 5.91. The van der Waals surface area contributed by atoms with Crippen molar-refractivity contribution in [2.45, 2.75) is 70.8 Å². The Morgan fingerprint density at radius 3 is 2.68 bits per heavy atom. The van der Waals surface area contributed by atoms with E-state index in [2.05, 4.69) is 73.9 Å². The van der Waals surface area contributed by atoms with Crippen molar-refractivity contribution in [2.24, 2.45) is 17.8 Å². The van der Waals surface area contributed by atoms with E-state index in [-0.39, 0.29) is 5.54 Å². The molecular formula is C30H38N2OSi. The Bertz CT molecular complexity index is 1170. The number of nitrogens with zero attached hydrogens (tertiary/aromatic N) is 2. The number of aromatic nitrogens is 1. The van der Waals surface area contributed by atoms with Crippen LogP contribution in [0.3, 0.4) is 0 Å². The van der Waals surface area contributed by atoms with Gasteiger partial charge in [0.05, 0.1) is 19.9 Å². The van der Waals surface area contributed by atoms with Crippen LogP contribution in [0.4, 0.5) is 0 Å². The zero-order valence-electron chi connectivity index (χ0n) is 21.2. The van der Waals surface area contributed by atoms with Crippen molar-refractivity contribution in [1.82, 2.24) is 9.88 Å². The third-order valence-corrected chi connectivity index (χ3v) is 10.9. The lowest BCUT2D eigenvalue weighted by atomic mass is 9.53. The van der Waals surface area contributed by atoms with Crippen LogP contribution >= 0.6 is 0 Å². The molecule has 0 unspecified atom stereocenters. The SMILES string of the molecule is C[C@@H]1C[C@H]2Cc3nc(-c4ccco4)c([Si](C)(C)C)cc3[C@@]3(C1)[C@@H]2CCCN3Cc1ccccc1. The second-order valence-corrected chi connectivity index (χ2v) is 17.2. The quantitative estimate of drug-likeness (QED) is 0.403. The second kappa shape index (κ2) is 8.20. The van der Waals surface area contributed by atoms with E-state index in [0.717, 1.165) is 42.2 Å². The second-order valence-electron chi connectivity index (χ2n) is 12.2. The van der Waals surface area contributed by atoms with Gasteiger partial charge in [0.1, 0.15) is 5.69 Å². The van der Waals surface area contributed by atoms with Crippen molar-refractivity contribution in [3.63, 3.8) is 0 Å². The monoisotopic (exact) mass is 470 g/mol. The highest BCUT2D eigenvalue weighted by atomic mass is 28.3. The van der Waals surface area contributed by atoms with Crippen molar-refractivity contribution in [3.8, 4) is 11.5 Å². The number of pyridine rings is 1. The largest absolute Gasteiger partial charge is 0.463 e. The van der Waals surface area contributed by atoms with Crippen LogP contribution in [0.5, 0.6) is 0 Å². The van der Waals surface area contributed by atoms with Gasteiger partial charge in [0.2, 0.25) is 0 Å². The predicted molar refractivity (Wildman–Crippen MR) is 142 cm³/mol. The molecule has 0 spiro atoms. The fraction of sp³-hybridized carbons (Fsp3) is 0.500. The van der Waals surface area contributed by atoms with Gasteiger partial charge in [0.25, 0.3) is 0 Å². The average molecular weight is 471 g/mol. The Morgan fingerprint density at radius 2 is 1.94 bits per heavy atom. The van der Waals surface area contributed by atoms with E-state index in [1.54, 1.807) is 11.8 Å². The molecule has 0 amide bonds. The van der Waals surface area contributed by atoms with Crippen molar-refractivity contribution < 1.29 is 4.42 Å². The van der Waals surface area contributed by atoms with Gasteiger partial charge in [-0.25, -0.2) is 4.98 Å². The van der Waals surface area contributed by atoms with Crippen LogP contribution in [-0.4, -0.2) is 24.5 Å². The lowest BCUT2D eigenvalue weighted by molar-refractivity contribution is -0.0967. The molecule has 3 aromatic rings. The highest BCUT2D eigenvalue weighted by molar-refractivity contribution is 6.89. The van der Waals surface area contributed by atoms with Crippen LogP contribution in [-0.2, 0) is 18.5 Å². The maximum absolute atomic E-state index is 5.91. The smallest absolute Gasteiger partial charge is 0.152 e. The standard InChI is InChI=1S/C30H38N2OSi/c1-21-16-23-17-26-25(18-28(34(2,3)4)29(31-26)27-13-9-15-33-27)30(19-21)24(23)12-8-14-32(30)20-22-10-6-5-7-11-22/h5-7,9-11,13,15,18,21,23-24H,8,12,14,16-17,19-20H2,1-4H3/t21-,23+,24-,30-/m1/s1. The number of hydrogen-bond donors (Lipinski definition) is 0. The Hall–Kier alpha value is -2.17. The molecular weight excluding hydrogens is 432 g/mol. The molecule has 3 aliphatic rings. The van der Waals surface area contributed by atoms with Crippen LogP contribution in [0, 0.1) is 17.8 Å². The fourth-order valence-corrected chi connectivity index (χ4v) is 9.08. The number of fused-ring (bicyclic) bond motifs is 1. The first-order chi connectivity index (χ1) is 16.4. The summed E-state index contributed by atoms with van der Waals surface area (Å²) in [6.45, 7) is 12.1. The lowest BCUT2D eigenvalue weighted by Crippen LogP contribution is -2.62. The lowest BCUT2D eigenvalue weighted by Gasteiger charge is -2.62. The number of piperidine rings is 1. The van der Waals surface area contributed by atoms with E-state index in [4.69, 9.17) is 9.40 Å². The van der Waals surface area contributed by atoms with Gasteiger partial charge in [0.15, 0.2) is 5.76 Å². The van der Waals surface area contributed by atoms with E-state index in [0.29, 0.717) is 0 Å². The minimum Gasteiger partial charge on any atom is -0.463 e. The highest BCUT2D eigenvalue weighted by Crippen LogP contribution is 2.59. The summed E-state index contributed by atoms with van der Waals surface area (Å²) >= 11 is 0. The summed E-state index contributed by atoms with van der Waals surface area (Å²) in [6.07, 6.45) is 8.21. The molecule has 2 aromatic heterocycles.